The van der Waals surface area contributed by atoms with Crippen molar-refractivity contribution in [3.63, 3.8) is 0 Å². The Hall–Kier alpha value is -6.54. The van der Waals surface area contributed by atoms with Crippen LogP contribution in [-0.4, -0.2) is 8.07 Å². The van der Waals surface area contributed by atoms with Crippen LogP contribution in [0.2, 0.25) is 13.1 Å². The molecule has 0 fully saturated rings. The van der Waals surface area contributed by atoms with E-state index >= 15 is 0 Å². The van der Waals surface area contributed by atoms with E-state index < -0.39 is 8.07 Å². The zero-order valence-corrected chi connectivity index (χ0v) is 35.3. The Balaban J connectivity index is 1.06. The summed E-state index contributed by atoms with van der Waals surface area (Å²) in [6.07, 6.45) is 5.04. The molecule has 2 aliphatic rings. The van der Waals surface area contributed by atoms with Crippen molar-refractivity contribution >= 4 is 20.2 Å². The zero-order valence-electron chi connectivity index (χ0n) is 34.3. The normalized spacial score (nSPS) is 15.7. The lowest BCUT2D eigenvalue weighted by Gasteiger charge is -2.39. The average Bonchev–Trinajstić information content (AvgIpc) is 3.83. The van der Waals surface area contributed by atoms with Gasteiger partial charge in [0.15, 0.2) is 0 Å². The number of hydrogen-bond acceptors (Lipinski definition) is 0. The maximum Gasteiger partial charge on any atom is 0.0722 e. The smallest absolute Gasteiger partial charge is 0.0679 e. The second-order valence-electron chi connectivity index (χ2n) is 17.1. The summed E-state index contributed by atoms with van der Waals surface area (Å²) in [6, 6.07) is 71.7. The van der Waals surface area contributed by atoms with Crippen LogP contribution in [0.3, 0.4) is 0 Å². The number of benzene rings is 8. The van der Waals surface area contributed by atoms with Crippen LogP contribution < -0.4 is 0 Å². The summed E-state index contributed by atoms with van der Waals surface area (Å²) in [5, 5.41) is 0. The summed E-state index contributed by atoms with van der Waals surface area (Å²) in [7, 11) is -2.10. The van der Waals surface area contributed by atoms with Crippen LogP contribution in [0.1, 0.15) is 47.2 Å². The van der Waals surface area contributed by atoms with Crippen LogP contribution in [0.25, 0.3) is 78.9 Å². The maximum absolute atomic E-state index is 2.65. The molecule has 59 heavy (non-hydrogen) atoms. The molecule has 2 aliphatic carbocycles. The first-order valence-electron chi connectivity index (χ1n) is 21.0. The summed E-state index contributed by atoms with van der Waals surface area (Å²) in [4.78, 5) is 0. The van der Waals surface area contributed by atoms with Gasteiger partial charge in [-0.15, -0.1) is 0 Å². The van der Waals surface area contributed by atoms with E-state index in [9.17, 15) is 0 Å². The van der Waals surface area contributed by atoms with Gasteiger partial charge in [0.2, 0.25) is 0 Å². The second kappa shape index (κ2) is 15.0. The van der Waals surface area contributed by atoms with E-state index in [0.29, 0.717) is 11.1 Å². The van der Waals surface area contributed by atoms with Gasteiger partial charge in [-0.3, -0.25) is 0 Å². The van der Waals surface area contributed by atoms with Gasteiger partial charge in [0.1, 0.15) is 0 Å². The van der Waals surface area contributed by atoms with Crippen molar-refractivity contribution in [3.8, 4) is 66.8 Å². The van der Waals surface area contributed by atoms with Crippen molar-refractivity contribution in [1.82, 2.24) is 0 Å². The van der Waals surface area contributed by atoms with Gasteiger partial charge in [0.05, 0.1) is 8.07 Å². The monoisotopic (exact) mass is 772 g/mol. The van der Waals surface area contributed by atoms with Crippen LogP contribution in [0, 0.1) is 0 Å². The standard InChI is InChI=1S/C58H48Si/c1-39-31-55-51(49-35-45(41-19-9-5-10-20-41)33-46(36-49)42-21-11-6-12-22-42)27-17-29-53(55)57(39)59(3,4)58-40(2)32-56-52(28-18-30-54(56)58)50-37-47(43-23-13-7-14-24-43)34-48(38-50)44-25-15-8-16-26-44/h5-38,57-58H,1-4H3. The molecule has 284 valence electrons. The number of hydrogen-bond donors (Lipinski definition) is 0. The van der Waals surface area contributed by atoms with Crippen molar-refractivity contribution in [2.45, 2.75) is 38.0 Å². The van der Waals surface area contributed by atoms with E-state index in [1.807, 2.05) is 0 Å². The third kappa shape index (κ3) is 6.66. The molecule has 0 aliphatic heterocycles. The van der Waals surface area contributed by atoms with E-state index in [1.54, 1.807) is 0 Å². The molecule has 10 rings (SSSR count). The summed E-state index contributed by atoms with van der Waals surface area (Å²) >= 11 is 0. The van der Waals surface area contributed by atoms with Gasteiger partial charge in [0, 0.05) is 11.1 Å². The summed E-state index contributed by atoms with van der Waals surface area (Å²) < 4.78 is 0. The molecule has 2 atom stereocenters. The third-order valence-electron chi connectivity index (χ3n) is 13.0. The van der Waals surface area contributed by atoms with Gasteiger partial charge in [-0.05, 0) is 139 Å². The van der Waals surface area contributed by atoms with Crippen molar-refractivity contribution in [1.29, 1.82) is 0 Å². The Morgan fingerprint density at radius 3 is 0.898 bits per heavy atom. The summed E-state index contributed by atoms with van der Waals surface area (Å²) in [5.41, 5.74) is 24.6. The Morgan fingerprint density at radius 2 is 0.593 bits per heavy atom. The fraction of sp³-hybridized carbons (Fsp3) is 0.103. The molecule has 0 spiro atoms. The third-order valence-corrected chi connectivity index (χ3v) is 17.5. The summed E-state index contributed by atoms with van der Waals surface area (Å²) in [6.45, 7) is 10.1. The van der Waals surface area contributed by atoms with E-state index in [4.69, 9.17) is 0 Å². The lowest BCUT2D eigenvalue weighted by Crippen LogP contribution is -2.42. The van der Waals surface area contributed by atoms with Crippen molar-refractivity contribution < 1.29 is 0 Å². The molecule has 8 aromatic rings. The van der Waals surface area contributed by atoms with Crippen molar-refractivity contribution in [2.24, 2.45) is 0 Å². The predicted molar refractivity (Wildman–Crippen MR) is 256 cm³/mol. The molecule has 0 saturated carbocycles. The molecule has 0 nitrogen and oxygen atoms in total. The van der Waals surface area contributed by atoms with Crippen molar-refractivity contribution in [3.05, 3.63) is 228 Å². The number of rotatable bonds is 8. The maximum atomic E-state index is 2.65. The van der Waals surface area contributed by atoms with Crippen LogP contribution in [0.5, 0.6) is 0 Å². The molecule has 0 radical (unpaired) electrons. The highest BCUT2D eigenvalue weighted by Crippen LogP contribution is 2.54. The molecular formula is C58H48Si. The Morgan fingerprint density at radius 1 is 0.305 bits per heavy atom. The van der Waals surface area contributed by atoms with E-state index in [0.717, 1.165) is 0 Å². The molecule has 0 bridgehead atoms. The van der Waals surface area contributed by atoms with Gasteiger partial charge in [-0.25, -0.2) is 0 Å². The van der Waals surface area contributed by atoms with Crippen LogP contribution in [-0.2, 0) is 0 Å². The highest BCUT2D eigenvalue weighted by Gasteiger charge is 2.47. The molecule has 8 aromatic carbocycles. The van der Waals surface area contributed by atoms with Gasteiger partial charge in [-0.1, -0.05) is 194 Å². The highest BCUT2D eigenvalue weighted by atomic mass is 28.3. The molecule has 1 heteroatoms. The fourth-order valence-electron chi connectivity index (χ4n) is 10.5. The molecule has 2 unspecified atom stereocenters. The molecule has 0 amide bonds. The number of allylic oxidation sites excluding steroid dienone is 2. The fourth-order valence-corrected chi connectivity index (χ4v) is 15.5. The molecule has 0 saturated heterocycles. The summed E-state index contributed by atoms with van der Waals surface area (Å²) in [5.74, 6) is 0. The van der Waals surface area contributed by atoms with E-state index in [-0.39, 0.29) is 0 Å². The first kappa shape index (κ1) is 36.8. The Labute approximate surface area is 350 Å². The van der Waals surface area contributed by atoms with Crippen LogP contribution >= 0.6 is 0 Å². The number of fused-ring (bicyclic) bond motifs is 2. The first-order valence-corrected chi connectivity index (χ1v) is 24.1. The van der Waals surface area contributed by atoms with Crippen LogP contribution in [0.4, 0.5) is 0 Å². The minimum Gasteiger partial charge on any atom is -0.0679 e. The Bertz CT molecular complexity index is 2580. The van der Waals surface area contributed by atoms with Gasteiger partial charge in [0.25, 0.3) is 0 Å². The Kier molecular flexibility index (Phi) is 9.35. The lowest BCUT2D eigenvalue weighted by atomic mass is 9.90. The van der Waals surface area contributed by atoms with E-state index in [1.165, 1.54) is 100 Å². The highest BCUT2D eigenvalue weighted by molar-refractivity contribution is 6.81. The predicted octanol–water partition coefficient (Wildman–Crippen LogP) is 16.2. The van der Waals surface area contributed by atoms with Gasteiger partial charge in [-0.2, -0.15) is 0 Å². The molecule has 0 aromatic heterocycles. The average molecular weight is 773 g/mol. The minimum absolute atomic E-state index is 0.400. The molecular weight excluding hydrogens is 725 g/mol. The largest absolute Gasteiger partial charge is 0.0722 e. The SMILES string of the molecule is CC1=Cc2c(-c3cc(-c4ccccc4)cc(-c4ccccc4)c3)cccc2C1[Si](C)(C)C1C(C)=Cc2c(-c3cc(-c4ccccc4)cc(-c4ccccc4)c3)cccc21. The van der Waals surface area contributed by atoms with E-state index in [2.05, 4.69) is 233 Å². The topological polar surface area (TPSA) is 0 Å². The molecule has 0 N–H and O–H groups in total. The quantitative estimate of drug-likeness (QED) is 0.135. The van der Waals surface area contributed by atoms with Crippen LogP contribution in [0.15, 0.2) is 205 Å². The van der Waals surface area contributed by atoms with Gasteiger partial charge >= 0.3 is 0 Å². The molecule has 0 heterocycles. The second-order valence-corrected chi connectivity index (χ2v) is 21.9. The van der Waals surface area contributed by atoms with Gasteiger partial charge < -0.3 is 0 Å². The van der Waals surface area contributed by atoms with Crippen molar-refractivity contribution in [2.75, 3.05) is 0 Å². The lowest BCUT2D eigenvalue weighted by molar-refractivity contribution is 0.968. The minimum atomic E-state index is -2.10. The first-order chi connectivity index (χ1) is 28.8. The zero-order chi connectivity index (χ0) is 40.1.